The van der Waals surface area contributed by atoms with E-state index in [0.29, 0.717) is 24.7 Å². The summed E-state index contributed by atoms with van der Waals surface area (Å²) in [6.45, 7) is 2.21. The van der Waals surface area contributed by atoms with Crippen LogP contribution in [0.5, 0.6) is 23.0 Å². The van der Waals surface area contributed by atoms with Crippen LogP contribution in [0.1, 0.15) is 17.5 Å². The third kappa shape index (κ3) is 6.90. The number of hydrogen-bond donors (Lipinski definition) is 1. The van der Waals surface area contributed by atoms with Gasteiger partial charge in [-0.1, -0.05) is 36.0 Å². The fourth-order valence-corrected chi connectivity index (χ4v) is 5.23. The summed E-state index contributed by atoms with van der Waals surface area (Å²) in [6, 6.07) is 19.7. The molecule has 1 aromatic heterocycles. The Labute approximate surface area is 239 Å². The maximum atomic E-state index is 6.08. The van der Waals surface area contributed by atoms with Crippen molar-refractivity contribution >= 4 is 40.1 Å². The van der Waals surface area contributed by atoms with Crippen LogP contribution in [0.15, 0.2) is 70.3 Å². The second-order valence-electron chi connectivity index (χ2n) is 8.17. The van der Waals surface area contributed by atoms with Gasteiger partial charge in [0.05, 0.1) is 17.3 Å². The molecule has 1 aliphatic heterocycles. The summed E-state index contributed by atoms with van der Waals surface area (Å²) in [4.78, 5) is 0. The molecule has 0 radical (unpaired) electrons. The number of thioether (sulfide) groups is 1. The third-order valence-electron chi connectivity index (χ3n) is 5.61. The summed E-state index contributed by atoms with van der Waals surface area (Å²) in [6.07, 6.45) is 0.974. The molecule has 0 aliphatic carbocycles. The van der Waals surface area contributed by atoms with Gasteiger partial charge in [0.25, 0.3) is 0 Å². The van der Waals surface area contributed by atoms with Gasteiger partial charge in [0.2, 0.25) is 11.9 Å². The number of ether oxygens (including phenoxy) is 4. The average Bonchev–Trinajstić information content (AvgIpc) is 3.59. The Bertz CT molecular complexity index is 1340. The molecular weight excluding hydrogens is 594 g/mol. The van der Waals surface area contributed by atoms with Crippen LogP contribution in [0.25, 0.3) is 5.69 Å². The monoisotopic (exact) mass is 619 g/mol. The van der Waals surface area contributed by atoms with Crippen LogP contribution in [0.2, 0.25) is 0 Å². The van der Waals surface area contributed by atoms with Crippen LogP contribution in [0.3, 0.4) is 0 Å². The standard InChI is InChI=1S/C26H26BrN5O4S.ClH/c1-33-24-14-19(12-21(27)25(24)34-16-18-8-9-22-23(13-18)36-17-35-22)15-28-10-5-11-37-26-29-30-31-32(26)20-6-3-2-4-7-20;/h2-4,6-9,12-14,28H,5,10-11,15-17H2,1H3;1H. The maximum absolute atomic E-state index is 6.08. The van der Waals surface area contributed by atoms with E-state index in [9.17, 15) is 0 Å². The van der Waals surface area contributed by atoms with Crippen molar-refractivity contribution in [1.29, 1.82) is 0 Å². The molecule has 3 aromatic carbocycles. The minimum Gasteiger partial charge on any atom is -0.493 e. The van der Waals surface area contributed by atoms with Gasteiger partial charge in [0, 0.05) is 12.3 Å². The number of nitrogens with zero attached hydrogens (tertiary/aromatic N) is 4. The molecule has 0 amide bonds. The predicted octanol–water partition coefficient (Wildman–Crippen LogP) is 5.43. The summed E-state index contributed by atoms with van der Waals surface area (Å²) in [5, 5.41) is 16.3. The van der Waals surface area contributed by atoms with Gasteiger partial charge in [0.15, 0.2) is 23.0 Å². The quantitative estimate of drug-likeness (QED) is 0.164. The zero-order chi connectivity index (χ0) is 25.5. The number of methoxy groups -OCH3 is 1. The van der Waals surface area contributed by atoms with E-state index in [1.807, 2.05) is 60.7 Å². The van der Waals surface area contributed by atoms with Gasteiger partial charge in [-0.3, -0.25) is 0 Å². The van der Waals surface area contributed by atoms with Crippen molar-refractivity contribution < 1.29 is 18.9 Å². The lowest BCUT2D eigenvalue weighted by Gasteiger charge is -2.15. The van der Waals surface area contributed by atoms with E-state index in [1.54, 1.807) is 23.6 Å². The molecule has 9 nitrogen and oxygen atoms in total. The Morgan fingerprint density at radius 1 is 1.05 bits per heavy atom. The zero-order valence-corrected chi connectivity index (χ0v) is 23.9. The van der Waals surface area contributed by atoms with E-state index in [4.69, 9.17) is 18.9 Å². The Balaban J connectivity index is 0.00000336. The lowest BCUT2D eigenvalue weighted by molar-refractivity contribution is 0.174. The highest BCUT2D eigenvalue weighted by Crippen LogP contribution is 2.38. The Morgan fingerprint density at radius 2 is 1.89 bits per heavy atom. The normalized spacial score (nSPS) is 11.7. The van der Waals surface area contributed by atoms with Crippen molar-refractivity contribution in [1.82, 2.24) is 25.5 Å². The topological polar surface area (TPSA) is 92.6 Å². The fourth-order valence-electron chi connectivity index (χ4n) is 3.80. The largest absolute Gasteiger partial charge is 0.493 e. The van der Waals surface area contributed by atoms with Crippen LogP contribution in [-0.4, -0.2) is 46.4 Å². The van der Waals surface area contributed by atoms with Crippen molar-refractivity contribution in [3.63, 3.8) is 0 Å². The maximum Gasteiger partial charge on any atom is 0.231 e. The van der Waals surface area contributed by atoms with Gasteiger partial charge in [-0.15, -0.1) is 17.5 Å². The lowest BCUT2D eigenvalue weighted by atomic mass is 10.2. The van der Waals surface area contributed by atoms with E-state index in [1.165, 1.54) is 0 Å². The second kappa shape index (κ2) is 13.7. The number of nitrogens with one attached hydrogen (secondary N) is 1. The SMILES string of the molecule is COc1cc(CNCCCSc2nnnn2-c2ccccc2)cc(Br)c1OCc1ccc2c(c1)OCO2.Cl. The Kier molecular flexibility index (Phi) is 10.1. The van der Waals surface area contributed by atoms with Crippen LogP contribution >= 0.6 is 40.1 Å². The van der Waals surface area contributed by atoms with E-state index in [-0.39, 0.29) is 19.2 Å². The van der Waals surface area contributed by atoms with Crippen molar-refractivity contribution in [2.24, 2.45) is 0 Å². The molecule has 0 unspecified atom stereocenters. The molecule has 1 aliphatic rings. The minimum atomic E-state index is 0. The van der Waals surface area contributed by atoms with Gasteiger partial charge < -0.3 is 24.3 Å². The average molecular weight is 621 g/mol. The highest BCUT2D eigenvalue weighted by Gasteiger charge is 2.16. The van der Waals surface area contributed by atoms with Gasteiger partial charge in [-0.2, -0.15) is 4.68 Å². The molecule has 2 heterocycles. The van der Waals surface area contributed by atoms with Crippen LogP contribution in [0, 0.1) is 0 Å². The third-order valence-corrected chi connectivity index (χ3v) is 7.20. The van der Waals surface area contributed by atoms with Gasteiger partial charge >= 0.3 is 0 Å². The first-order chi connectivity index (χ1) is 18.2. The van der Waals surface area contributed by atoms with Crippen molar-refractivity contribution in [3.05, 3.63) is 76.3 Å². The van der Waals surface area contributed by atoms with E-state index >= 15 is 0 Å². The van der Waals surface area contributed by atoms with E-state index in [0.717, 1.165) is 56.7 Å². The van der Waals surface area contributed by atoms with Crippen molar-refractivity contribution in [2.75, 3.05) is 26.2 Å². The van der Waals surface area contributed by atoms with Crippen LogP contribution in [-0.2, 0) is 13.2 Å². The molecule has 5 rings (SSSR count). The van der Waals surface area contributed by atoms with Gasteiger partial charge in [0.1, 0.15) is 6.61 Å². The molecule has 0 fully saturated rings. The highest BCUT2D eigenvalue weighted by atomic mass is 79.9. The molecule has 0 bridgehead atoms. The number of tetrazole rings is 1. The summed E-state index contributed by atoms with van der Waals surface area (Å²) in [5.41, 5.74) is 3.04. The highest BCUT2D eigenvalue weighted by molar-refractivity contribution is 9.10. The summed E-state index contributed by atoms with van der Waals surface area (Å²) in [5.74, 6) is 3.73. The number of aromatic nitrogens is 4. The molecular formula is C26H27BrClN5O4S. The predicted molar refractivity (Wildman–Crippen MR) is 151 cm³/mol. The molecule has 0 saturated carbocycles. The molecule has 1 N–H and O–H groups in total. The number of benzene rings is 3. The minimum absolute atomic E-state index is 0. The number of halogens is 2. The van der Waals surface area contributed by atoms with Gasteiger partial charge in [-0.25, -0.2) is 0 Å². The fraction of sp³-hybridized carbons (Fsp3) is 0.269. The molecule has 12 heteroatoms. The lowest BCUT2D eigenvalue weighted by Crippen LogP contribution is -2.15. The van der Waals surface area contributed by atoms with Crippen LogP contribution < -0.4 is 24.3 Å². The summed E-state index contributed by atoms with van der Waals surface area (Å²) < 4.78 is 25.1. The first-order valence-corrected chi connectivity index (χ1v) is 13.5. The summed E-state index contributed by atoms with van der Waals surface area (Å²) in [7, 11) is 1.65. The van der Waals surface area contributed by atoms with Crippen molar-refractivity contribution in [2.45, 2.75) is 24.7 Å². The van der Waals surface area contributed by atoms with Gasteiger partial charge in [-0.05, 0) is 86.8 Å². The number of hydrogen-bond acceptors (Lipinski definition) is 9. The molecule has 0 spiro atoms. The van der Waals surface area contributed by atoms with E-state index < -0.39 is 0 Å². The first-order valence-electron chi connectivity index (χ1n) is 11.8. The number of rotatable bonds is 12. The first kappa shape index (κ1) is 28.0. The molecule has 200 valence electrons. The molecule has 4 aromatic rings. The van der Waals surface area contributed by atoms with Crippen molar-refractivity contribution in [3.8, 4) is 28.7 Å². The Hall–Kier alpha value is -2.99. The molecule has 0 saturated heterocycles. The molecule has 0 atom stereocenters. The molecule has 38 heavy (non-hydrogen) atoms. The zero-order valence-electron chi connectivity index (χ0n) is 20.6. The second-order valence-corrected chi connectivity index (χ2v) is 10.1. The number of para-hydroxylation sites is 1. The van der Waals surface area contributed by atoms with Crippen LogP contribution in [0.4, 0.5) is 0 Å². The summed E-state index contributed by atoms with van der Waals surface area (Å²) >= 11 is 5.29. The van der Waals surface area contributed by atoms with E-state index in [2.05, 4.69) is 36.8 Å². The number of fused-ring (bicyclic) bond motifs is 1. The Morgan fingerprint density at radius 3 is 2.74 bits per heavy atom. The smallest absolute Gasteiger partial charge is 0.231 e.